The van der Waals surface area contributed by atoms with E-state index in [1.165, 1.54) is 0 Å². The topological polar surface area (TPSA) is 79.2 Å². The second-order valence-corrected chi connectivity index (χ2v) is 6.49. The van der Waals surface area contributed by atoms with Crippen LogP contribution in [0.3, 0.4) is 0 Å². The lowest BCUT2D eigenvalue weighted by atomic mass is 9.93. The number of esters is 1. The van der Waals surface area contributed by atoms with E-state index in [0.717, 1.165) is 11.1 Å². The van der Waals surface area contributed by atoms with Gasteiger partial charge in [-0.25, -0.2) is 4.79 Å². The van der Waals surface area contributed by atoms with Crippen LogP contribution >= 0.6 is 0 Å². The molecule has 28 heavy (non-hydrogen) atoms. The van der Waals surface area contributed by atoms with Crippen molar-refractivity contribution in [2.24, 2.45) is 0 Å². The molecule has 1 amide bonds. The van der Waals surface area contributed by atoms with Gasteiger partial charge in [0, 0.05) is 12.0 Å². The van der Waals surface area contributed by atoms with Crippen molar-refractivity contribution >= 4 is 17.6 Å². The maximum atomic E-state index is 12.7. The molecule has 0 fully saturated rings. The second-order valence-electron chi connectivity index (χ2n) is 6.49. The molecule has 1 heterocycles. The zero-order valence-electron chi connectivity index (χ0n) is 14.9. The van der Waals surface area contributed by atoms with Gasteiger partial charge in [0.25, 0.3) is 5.91 Å². The molecule has 0 saturated heterocycles. The Kier molecular flexibility index (Phi) is 4.61. The molecule has 0 saturated carbocycles. The van der Waals surface area contributed by atoms with Gasteiger partial charge in [0.2, 0.25) is 0 Å². The SMILES string of the molecule is N#Cc1ccccc1NC(=O)c1ccc2c(c1)CC(c1ccccc1)OC2=O. The van der Waals surface area contributed by atoms with Gasteiger partial charge in [0.1, 0.15) is 12.2 Å². The highest BCUT2D eigenvalue weighted by Crippen LogP contribution is 2.31. The number of hydrogen-bond acceptors (Lipinski definition) is 4. The third-order valence-corrected chi connectivity index (χ3v) is 4.71. The fraction of sp³-hybridized carbons (Fsp3) is 0.0870. The lowest BCUT2D eigenvalue weighted by molar-refractivity contribution is 0.0252. The van der Waals surface area contributed by atoms with Crippen LogP contribution in [-0.4, -0.2) is 11.9 Å². The molecule has 5 heteroatoms. The number of anilines is 1. The number of cyclic esters (lactones) is 1. The van der Waals surface area contributed by atoms with Gasteiger partial charge in [-0.05, 0) is 41.5 Å². The van der Waals surface area contributed by atoms with E-state index in [1.54, 1.807) is 42.5 Å². The molecular formula is C23H16N2O3. The zero-order valence-corrected chi connectivity index (χ0v) is 14.9. The van der Waals surface area contributed by atoms with Gasteiger partial charge in [-0.2, -0.15) is 5.26 Å². The Bertz CT molecular complexity index is 1100. The first-order valence-electron chi connectivity index (χ1n) is 8.85. The maximum Gasteiger partial charge on any atom is 0.339 e. The molecule has 3 aromatic carbocycles. The molecule has 0 bridgehead atoms. The predicted octanol–water partition coefficient (Wildman–Crippen LogP) is 4.26. The lowest BCUT2D eigenvalue weighted by Gasteiger charge is -2.25. The molecule has 1 aliphatic heterocycles. The van der Waals surface area contributed by atoms with Crippen LogP contribution in [0.25, 0.3) is 0 Å². The molecule has 1 unspecified atom stereocenters. The first-order chi connectivity index (χ1) is 13.7. The van der Waals surface area contributed by atoms with Crippen LogP contribution in [0.15, 0.2) is 72.8 Å². The van der Waals surface area contributed by atoms with E-state index in [2.05, 4.69) is 11.4 Å². The van der Waals surface area contributed by atoms with Crippen LogP contribution in [0.5, 0.6) is 0 Å². The highest BCUT2D eigenvalue weighted by molar-refractivity contribution is 6.06. The molecular weight excluding hydrogens is 352 g/mol. The fourth-order valence-electron chi connectivity index (χ4n) is 3.27. The number of benzene rings is 3. The molecule has 0 aromatic heterocycles. The van der Waals surface area contributed by atoms with E-state index in [4.69, 9.17) is 4.74 Å². The number of hydrogen-bond donors (Lipinski definition) is 1. The summed E-state index contributed by atoms with van der Waals surface area (Å²) in [5.74, 6) is -0.724. The minimum Gasteiger partial charge on any atom is -0.454 e. The molecule has 4 rings (SSSR count). The molecule has 5 nitrogen and oxygen atoms in total. The number of nitriles is 1. The van der Waals surface area contributed by atoms with Crippen molar-refractivity contribution < 1.29 is 14.3 Å². The number of rotatable bonds is 3. The lowest BCUT2D eigenvalue weighted by Crippen LogP contribution is -2.23. The Labute approximate surface area is 162 Å². The average Bonchev–Trinajstić information content (AvgIpc) is 2.74. The van der Waals surface area contributed by atoms with E-state index < -0.39 is 5.97 Å². The molecule has 1 aliphatic rings. The molecule has 3 aromatic rings. The quantitative estimate of drug-likeness (QED) is 0.701. The van der Waals surface area contributed by atoms with Gasteiger partial charge in [0.15, 0.2) is 0 Å². The number of nitrogens with zero attached hydrogens (tertiary/aromatic N) is 1. The van der Waals surface area contributed by atoms with Gasteiger partial charge in [-0.3, -0.25) is 4.79 Å². The summed E-state index contributed by atoms with van der Waals surface area (Å²) >= 11 is 0. The monoisotopic (exact) mass is 368 g/mol. The Balaban J connectivity index is 1.61. The number of ether oxygens (including phenoxy) is 1. The summed E-state index contributed by atoms with van der Waals surface area (Å²) in [5, 5.41) is 11.9. The summed E-state index contributed by atoms with van der Waals surface area (Å²) in [4.78, 5) is 25.0. The van der Waals surface area contributed by atoms with Crippen molar-refractivity contribution in [3.8, 4) is 6.07 Å². The maximum absolute atomic E-state index is 12.7. The first-order valence-corrected chi connectivity index (χ1v) is 8.85. The standard InChI is InChI=1S/C23H16N2O3/c24-14-17-8-4-5-9-20(17)25-22(26)16-10-11-19-18(12-16)13-21(28-23(19)27)15-6-2-1-3-7-15/h1-12,21H,13H2,(H,25,26). The van der Waals surface area contributed by atoms with E-state index in [0.29, 0.717) is 28.8 Å². The summed E-state index contributed by atoms with van der Waals surface area (Å²) in [6, 6.07) is 23.3. The Morgan fingerprint density at radius 2 is 1.79 bits per heavy atom. The molecule has 0 radical (unpaired) electrons. The largest absolute Gasteiger partial charge is 0.454 e. The zero-order chi connectivity index (χ0) is 19.5. The molecule has 0 spiro atoms. The van der Waals surface area contributed by atoms with Crippen molar-refractivity contribution in [2.45, 2.75) is 12.5 Å². The number of fused-ring (bicyclic) bond motifs is 1. The summed E-state index contributed by atoms with van der Waals surface area (Å²) in [7, 11) is 0. The predicted molar refractivity (Wildman–Crippen MR) is 104 cm³/mol. The highest BCUT2D eigenvalue weighted by Gasteiger charge is 2.28. The van der Waals surface area contributed by atoms with Crippen molar-refractivity contribution in [3.05, 3.63) is 101 Å². The second kappa shape index (κ2) is 7.37. The van der Waals surface area contributed by atoms with Gasteiger partial charge < -0.3 is 10.1 Å². The van der Waals surface area contributed by atoms with E-state index in [1.807, 2.05) is 30.3 Å². The fourth-order valence-corrected chi connectivity index (χ4v) is 3.27. The summed E-state index contributed by atoms with van der Waals surface area (Å²) < 4.78 is 5.55. The van der Waals surface area contributed by atoms with Crippen molar-refractivity contribution in [2.75, 3.05) is 5.32 Å². The van der Waals surface area contributed by atoms with Crippen LogP contribution in [-0.2, 0) is 11.2 Å². The molecule has 0 aliphatic carbocycles. The third kappa shape index (κ3) is 3.36. The number of carbonyl (C=O) groups excluding carboxylic acids is 2. The number of nitrogens with one attached hydrogen (secondary N) is 1. The number of amides is 1. The van der Waals surface area contributed by atoms with Crippen LogP contribution < -0.4 is 5.32 Å². The highest BCUT2D eigenvalue weighted by atomic mass is 16.5. The molecule has 1 N–H and O–H groups in total. The Hall–Kier alpha value is -3.91. The van der Waals surface area contributed by atoms with Gasteiger partial charge in [-0.1, -0.05) is 42.5 Å². The molecule has 136 valence electrons. The minimum atomic E-state index is -0.392. The van der Waals surface area contributed by atoms with Gasteiger partial charge in [-0.15, -0.1) is 0 Å². The van der Waals surface area contributed by atoms with Crippen LogP contribution in [0.1, 0.15) is 43.5 Å². The summed E-state index contributed by atoms with van der Waals surface area (Å²) in [6.07, 6.45) is 0.125. The van der Waals surface area contributed by atoms with Crippen molar-refractivity contribution in [1.82, 2.24) is 0 Å². The van der Waals surface area contributed by atoms with Gasteiger partial charge in [0.05, 0.1) is 16.8 Å². The first kappa shape index (κ1) is 17.5. The van der Waals surface area contributed by atoms with Crippen LogP contribution in [0.2, 0.25) is 0 Å². The number of para-hydroxylation sites is 1. The van der Waals surface area contributed by atoms with Gasteiger partial charge >= 0.3 is 5.97 Å². The van der Waals surface area contributed by atoms with Crippen LogP contribution in [0, 0.1) is 11.3 Å². The normalized spacial score (nSPS) is 15.1. The summed E-state index contributed by atoms with van der Waals surface area (Å²) in [6.45, 7) is 0. The summed E-state index contributed by atoms with van der Waals surface area (Å²) in [5.41, 5.74) is 3.43. The average molecular weight is 368 g/mol. The Morgan fingerprint density at radius 1 is 1.04 bits per heavy atom. The number of carbonyl (C=O) groups is 2. The van der Waals surface area contributed by atoms with Crippen LogP contribution in [0.4, 0.5) is 5.69 Å². The third-order valence-electron chi connectivity index (χ3n) is 4.71. The van der Waals surface area contributed by atoms with E-state index in [9.17, 15) is 14.9 Å². The Morgan fingerprint density at radius 3 is 2.57 bits per heavy atom. The minimum absolute atomic E-state index is 0.333. The molecule has 1 atom stereocenters. The van der Waals surface area contributed by atoms with E-state index >= 15 is 0 Å². The van der Waals surface area contributed by atoms with Crippen molar-refractivity contribution in [3.63, 3.8) is 0 Å². The van der Waals surface area contributed by atoms with E-state index in [-0.39, 0.29) is 12.0 Å². The van der Waals surface area contributed by atoms with Crippen molar-refractivity contribution in [1.29, 1.82) is 5.26 Å². The smallest absolute Gasteiger partial charge is 0.339 e.